The van der Waals surface area contributed by atoms with Gasteiger partial charge in [-0.2, -0.15) is 13.2 Å². The maximum absolute atomic E-state index is 12.3. The molecule has 0 aromatic rings. The first-order chi connectivity index (χ1) is 8.78. The standard InChI is InChI=1S/C14H27F3N2/c1-12-7-4-3-5-10-19(12)13(2,11-18)8-6-9-14(15,16)17/h12H,3-11,18H2,1-2H3. The Morgan fingerprint density at radius 3 is 2.42 bits per heavy atom. The van der Waals surface area contributed by atoms with Crippen LogP contribution in [-0.2, 0) is 0 Å². The molecule has 2 nitrogen and oxygen atoms in total. The number of nitrogens with zero attached hydrogens (tertiary/aromatic N) is 1. The van der Waals surface area contributed by atoms with E-state index in [1.54, 1.807) is 0 Å². The Hall–Kier alpha value is -0.290. The number of hydrogen-bond acceptors (Lipinski definition) is 2. The zero-order valence-electron chi connectivity index (χ0n) is 12.1. The predicted octanol–water partition coefficient (Wildman–Crippen LogP) is 3.70. The van der Waals surface area contributed by atoms with Gasteiger partial charge in [-0.15, -0.1) is 0 Å². The SMILES string of the molecule is CC1CCCCCN1C(C)(CN)CCCC(F)(F)F. The fraction of sp³-hybridized carbons (Fsp3) is 1.00. The smallest absolute Gasteiger partial charge is 0.329 e. The first-order valence-corrected chi connectivity index (χ1v) is 7.32. The monoisotopic (exact) mass is 280 g/mol. The van der Waals surface area contributed by atoms with Crippen molar-refractivity contribution in [1.82, 2.24) is 4.90 Å². The molecule has 2 N–H and O–H groups in total. The van der Waals surface area contributed by atoms with E-state index in [4.69, 9.17) is 5.73 Å². The second kappa shape index (κ2) is 6.93. The lowest BCUT2D eigenvalue weighted by atomic mass is 9.90. The molecule has 0 radical (unpaired) electrons. The minimum Gasteiger partial charge on any atom is -0.329 e. The molecular weight excluding hydrogens is 253 g/mol. The average Bonchev–Trinajstić information content (AvgIpc) is 2.52. The molecule has 2 atom stereocenters. The van der Waals surface area contributed by atoms with Crippen LogP contribution in [0, 0.1) is 0 Å². The van der Waals surface area contributed by atoms with Crippen molar-refractivity contribution in [3.63, 3.8) is 0 Å². The molecule has 1 fully saturated rings. The van der Waals surface area contributed by atoms with Crippen LogP contribution in [0.25, 0.3) is 0 Å². The van der Waals surface area contributed by atoms with Crippen molar-refractivity contribution < 1.29 is 13.2 Å². The predicted molar refractivity (Wildman–Crippen MR) is 72.0 cm³/mol. The number of hydrogen-bond donors (Lipinski definition) is 1. The summed E-state index contributed by atoms with van der Waals surface area (Å²) in [5.74, 6) is 0. The Morgan fingerprint density at radius 1 is 1.16 bits per heavy atom. The summed E-state index contributed by atoms with van der Waals surface area (Å²) in [7, 11) is 0. The average molecular weight is 280 g/mol. The maximum Gasteiger partial charge on any atom is 0.389 e. The van der Waals surface area contributed by atoms with Crippen molar-refractivity contribution in [1.29, 1.82) is 0 Å². The van der Waals surface area contributed by atoms with E-state index in [9.17, 15) is 13.2 Å². The van der Waals surface area contributed by atoms with Gasteiger partial charge in [-0.25, -0.2) is 0 Å². The van der Waals surface area contributed by atoms with Gasteiger partial charge in [-0.1, -0.05) is 12.8 Å². The Balaban J connectivity index is 2.61. The zero-order valence-corrected chi connectivity index (χ0v) is 12.1. The number of likely N-dealkylation sites (tertiary alicyclic amines) is 1. The van der Waals surface area contributed by atoms with Gasteiger partial charge >= 0.3 is 6.18 Å². The number of halogens is 3. The lowest BCUT2D eigenvalue weighted by Crippen LogP contribution is -2.55. The summed E-state index contributed by atoms with van der Waals surface area (Å²) in [4.78, 5) is 2.34. The summed E-state index contributed by atoms with van der Waals surface area (Å²) in [6.45, 7) is 5.57. The summed E-state index contributed by atoms with van der Waals surface area (Å²) >= 11 is 0. The van der Waals surface area contributed by atoms with E-state index in [-0.39, 0.29) is 12.0 Å². The molecule has 0 spiro atoms. The summed E-state index contributed by atoms with van der Waals surface area (Å²) < 4.78 is 36.8. The van der Waals surface area contributed by atoms with E-state index < -0.39 is 12.6 Å². The van der Waals surface area contributed by atoms with Crippen molar-refractivity contribution in [2.45, 2.75) is 76.6 Å². The highest BCUT2D eigenvalue weighted by Gasteiger charge is 2.35. The number of alkyl halides is 3. The van der Waals surface area contributed by atoms with Crippen LogP contribution in [0.5, 0.6) is 0 Å². The van der Waals surface area contributed by atoms with Crippen LogP contribution in [0.2, 0.25) is 0 Å². The molecule has 0 saturated carbocycles. The van der Waals surface area contributed by atoms with Gasteiger partial charge in [-0.3, -0.25) is 4.90 Å². The summed E-state index contributed by atoms with van der Waals surface area (Å²) in [5.41, 5.74) is 5.58. The first kappa shape index (κ1) is 16.8. The normalized spacial score (nSPS) is 25.9. The molecule has 2 unspecified atom stereocenters. The highest BCUT2D eigenvalue weighted by Crippen LogP contribution is 2.31. The molecule has 0 bridgehead atoms. The van der Waals surface area contributed by atoms with Crippen LogP contribution >= 0.6 is 0 Å². The molecule has 5 heteroatoms. The maximum atomic E-state index is 12.3. The lowest BCUT2D eigenvalue weighted by Gasteiger charge is -2.44. The molecular formula is C14H27F3N2. The Bertz CT molecular complexity index is 268. The summed E-state index contributed by atoms with van der Waals surface area (Å²) in [6, 6.07) is 0.418. The summed E-state index contributed by atoms with van der Waals surface area (Å²) in [6.07, 6.45) is 0.595. The fourth-order valence-electron chi connectivity index (χ4n) is 3.11. The van der Waals surface area contributed by atoms with Gasteiger partial charge in [0.1, 0.15) is 0 Å². The van der Waals surface area contributed by atoms with E-state index in [0.29, 0.717) is 19.0 Å². The second-order valence-corrected chi connectivity index (χ2v) is 6.06. The zero-order chi connectivity index (χ0) is 14.5. The van der Waals surface area contributed by atoms with Crippen LogP contribution in [0.1, 0.15) is 58.8 Å². The summed E-state index contributed by atoms with van der Waals surface area (Å²) in [5, 5.41) is 0. The van der Waals surface area contributed by atoms with E-state index in [0.717, 1.165) is 19.4 Å². The molecule has 19 heavy (non-hydrogen) atoms. The molecule has 1 aliphatic rings. The van der Waals surface area contributed by atoms with Crippen molar-refractivity contribution in [3.05, 3.63) is 0 Å². The second-order valence-electron chi connectivity index (χ2n) is 6.06. The van der Waals surface area contributed by atoms with Gasteiger partial charge in [-0.05, 0) is 46.1 Å². The van der Waals surface area contributed by atoms with Gasteiger partial charge < -0.3 is 5.73 Å². The highest BCUT2D eigenvalue weighted by molar-refractivity contribution is 4.91. The highest BCUT2D eigenvalue weighted by atomic mass is 19.4. The van der Waals surface area contributed by atoms with E-state index >= 15 is 0 Å². The van der Waals surface area contributed by atoms with Crippen LogP contribution in [-0.4, -0.2) is 35.7 Å². The number of rotatable bonds is 5. The molecule has 0 aromatic heterocycles. The van der Waals surface area contributed by atoms with Gasteiger partial charge in [0.05, 0.1) is 0 Å². The molecule has 0 aliphatic carbocycles. The third-order valence-corrected chi connectivity index (χ3v) is 4.36. The molecule has 0 aromatic carbocycles. The van der Waals surface area contributed by atoms with E-state index in [1.807, 2.05) is 6.92 Å². The molecule has 1 heterocycles. The minimum atomic E-state index is -4.06. The molecule has 1 rings (SSSR count). The Morgan fingerprint density at radius 2 is 1.84 bits per heavy atom. The Labute approximate surface area is 114 Å². The lowest BCUT2D eigenvalue weighted by molar-refractivity contribution is -0.137. The molecule has 0 amide bonds. The largest absolute Gasteiger partial charge is 0.389 e. The molecule has 114 valence electrons. The fourth-order valence-corrected chi connectivity index (χ4v) is 3.11. The van der Waals surface area contributed by atoms with Gasteiger partial charge in [0.2, 0.25) is 0 Å². The van der Waals surface area contributed by atoms with E-state index in [2.05, 4.69) is 11.8 Å². The van der Waals surface area contributed by atoms with Crippen LogP contribution in [0.15, 0.2) is 0 Å². The Kier molecular flexibility index (Phi) is 6.12. The van der Waals surface area contributed by atoms with Crippen molar-refractivity contribution >= 4 is 0 Å². The first-order valence-electron chi connectivity index (χ1n) is 7.32. The van der Waals surface area contributed by atoms with Gasteiger partial charge in [0.25, 0.3) is 0 Å². The topological polar surface area (TPSA) is 29.3 Å². The van der Waals surface area contributed by atoms with Crippen molar-refractivity contribution in [2.24, 2.45) is 5.73 Å². The minimum absolute atomic E-state index is 0.167. The van der Waals surface area contributed by atoms with Gasteiger partial charge in [0, 0.05) is 24.5 Å². The van der Waals surface area contributed by atoms with Crippen LogP contribution in [0.4, 0.5) is 13.2 Å². The van der Waals surface area contributed by atoms with Crippen molar-refractivity contribution in [3.8, 4) is 0 Å². The number of nitrogens with two attached hydrogens (primary N) is 1. The van der Waals surface area contributed by atoms with Crippen LogP contribution in [0.3, 0.4) is 0 Å². The third-order valence-electron chi connectivity index (χ3n) is 4.36. The third kappa shape index (κ3) is 5.30. The van der Waals surface area contributed by atoms with Crippen LogP contribution < -0.4 is 5.73 Å². The molecule has 1 aliphatic heterocycles. The quantitative estimate of drug-likeness (QED) is 0.832. The van der Waals surface area contributed by atoms with Gasteiger partial charge in [0.15, 0.2) is 0 Å². The molecule has 1 saturated heterocycles. The van der Waals surface area contributed by atoms with Crippen molar-refractivity contribution in [2.75, 3.05) is 13.1 Å². The van der Waals surface area contributed by atoms with E-state index in [1.165, 1.54) is 12.8 Å².